The summed E-state index contributed by atoms with van der Waals surface area (Å²) in [7, 11) is 2.82. The van der Waals surface area contributed by atoms with E-state index in [2.05, 4.69) is 26.4 Å². The normalized spacial score (nSPS) is 5.50. The van der Waals surface area contributed by atoms with Crippen molar-refractivity contribution in [2.45, 2.75) is 26.7 Å². The third kappa shape index (κ3) is 151. The molecule has 0 fully saturated rings. The van der Waals surface area contributed by atoms with Crippen LogP contribution >= 0.6 is 21.6 Å². The first-order valence-corrected chi connectivity index (χ1v) is 5.65. The van der Waals surface area contributed by atoms with Crippen molar-refractivity contribution in [1.82, 2.24) is 0 Å². The summed E-state index contributed by atoms with van der Waals surface area (Å²) in [5.74, 6) is 0. The largest absolute Gasteiger partial charge is 2.00 e. The molecule has 0 amide bonds. The maximum Gasteiger partial charge on any atom is 2.00 e. The summed E-state index contributed by atoms with van der Waals surface area (Å²) in [6.45, 7) is 11.0. The Morgan fingerprint density at radius 1 is 0.833 bits per heavy atom. The summed E-state index contributed by atoms with van der Waals surface area (Å²) in [4.78, 5) is 0. The zero-order valence-electron chi connectivity index (χ0n) is 7.95. The molecule has 4 heteroatoms. The number of hydrogen-bond acceptors (Lipinski definition) is 2. The maximum atomic E-state index is 3.49. The van der Waals surface area contributed by atoms with E-state index < -0.39 is 0 Å². The molecule has 72 valence electrons. The summed E-state index contributed by atoms with van der Waals surface area (Å²) in [5.41, 5.74) is 0. The summed E-state index contributed by atoms with van der Waals surface area (Å²) >= 11 is 0. The first kappa shape index (κ1) is 29.2. The molecule has 0 atom stereocenters. The third-order valence-electron chi connectivity index (χ3n) is 0.0833. The maximum absolute atomic E-state index is 3.49. The average Bonchev–Trinajstić information content (AvgIpc) is 1.91. The molecule has 0 nitrogen and oxygen atoms in total. The Bertz CT molecular complexity index is 27.0. The smallest absolute Gasteiger partial charge is 0.344 e. The van der Waals surface area contributed by atoms with Crippen molar-refractivity contribution >= 4 is 21.6 Å². The van der Waals surface area contributed by atoms with Crippen LogP contribution in [-0.2, 0) is 44.8 Å². The van der Waals surface area contributed by atoms with Gasteiger partial charge in [-0.2, -0.15) is 12.8 Å². The summed E-state index contributed by atoms with van der Waals surface area (Å²) in [6, 6.07) is 0. The van der Waals surface area contributed by atoms with Crippen molar-refractivity contribution in [2.24, 2.45) is 0 Å². The van der Waals surface area contributed by atoms with E-state index in [0.717, 1.165) is 12.8 Å². The van der Waals surface area contributed by atoms with Crippen LogP contribution in [0.3, 0.4) is 0 Å². The minimum absolute atomic E-state index is 0. The van der Waals surface area contributed by atoms with Gasteiger partial charge in [-0.05, 0) is 0 Å². The monoisotopic (exact) mass is 540 g/mol. The summed E-state index contributed by atoms with van der Waals surface area (Å²) in [5, 5.41) is 0. The van der Waals surface area contributed by atoms with Crippen molar-refractivity contribution in [3.05, 3.63) is 26.4 Å². The molecule has 0 aliphatic carbocycles. The fourth-order valence-corrected chi connectivity index (χ4v) is 0. The number of hydrogen-bond donors (Lipinski definition) is 0. The summed E-state index contributed by atoms with van der Waals surface area (Å²) in [6.07, 6.45) is 8.84. The van der Waals surface area contributed by atoms with E-state index >= 15 is 0 Å². The molecule has 0 aromatic heterocycles. The fourth-order valence-electron chi connectivity index (χ4n) is 0. The Hall–Kier alpha value is 2.18. The minimum atomic E-state index is 0. The molecule has 0 saturated carbocycles. The quantitative estimate of drug-likeness (QED) is 0.358. The van der Waals surface area contributed by atoms with Gasteiger partial charge in [0.15, 0.2) is 0 Å². The second-order valence-corrected chi connectivity index (χ2v) is 3.12. The zero-order valence-corrected chi connectivity index (χ0v) is 16.0. The minimum Gasteiger partial charge on any atom is -0.344 e. The molecular weight excluding hydrogens is 522 g/mol. The molecule has 0 unspecified atom stereocenters. The molecule has 0 saturated heterocycles. The van der Waals surface area contributed by atoms with Gasteiger partial charge in [0.25, 0.3) is 0 Å². The van der Waals surface area contributed by atoms with Crippen LogP contribution in [0.5, 0.6) is 0 Å². The van der Waals surface area contributed by atoms with Crippen LogP contribution in [0.4, 0.5) is 0 Å². The van der Waals surface area contributed by atoms with Crippen LogP contribution < -0.4 is 0 Å². The van der Waals surface area contributed by atoms with Gasteiger partial charge in [0.1, 0.15) is 0 Å². The number of rotatable bonds is 1. The van der Waals surface area contributed by atoms with Crippen LogP contribution in [0.2, 0.25) is 0 Å². The summed E-state index contributed by atoms with van der Waals surface area (Å²) < 4.78 is 0. The Morgan fingerprint density at radius 3 is 0.917 bits per heavy atom. The van der Waals surface area contributed by atoms with Crippen LogP contribution in [0.25, 0.3) is 0 Å². The molecule has 0 heterocycles. The molecule has 0 spiro atoms. The Balaban J connectivity index is -0.0000000191. The Morgan fingerprint density at radius 2 is 0.917 bits per heavy atom. The van der Waals surface area contributed by atoms with Crippen LogP contribution in [0.15, 0.2) is 0 Å². The topological polar surface area (TPSA) is 0 Å². The molecule has 0 rings (SSSR count). The van der Waals surface area contributed by atoms with E-state index in [1.807, 2.05) is 13.8 Å². The van der Waals surface area contributed by atoms with Gasteiger partial charge in [0, 0.05) is 0 Å². The fraction of sp³-hybridized carbons (Fsp3) is 0.500. The molecule has 0 aromatic rings. The second kappa shape index (κ2) is 51.2. The van der Waals surface area contributed by atoms with Crippen molar-refractivity contribution in [1.29, 1.82) is 0 Å². The van der Waals surface area contributed by atoms with Gasteiger partial charge in [0.05, 0.1) is 0 Å². The van der Waals surface area contributed by atoms with E-state index in [1.165, 1.54) is 21.6 Å². The van der Waals surface area contributed by atoms with E-state index in [1.54, 1.807) is 0 Å². The van der Waals surface area contributed by atoms with Crippen LogP contribution in [-0.4, -0.2) is 0 Å². The molecule has 0 aliphatic heterocycles. The third-order valence-corrected chi connectivity index (χ3v) is 0.750. The van der Waals surface area contributed by atoms with E-state index in [9.17, 15) is 0 Å². The first-order chi connectivity index (χ1) is 4.74. The average molecular weight is 540 g/mol. The SMILES string of the molecule is [CH2-]CC.[CH2-]CC.[CH2-]SS[CH2-].[Ta+2].[Ta+2]. The Labute approximate surface area is 118 Å². The standard InChI is InChI=1S/2C3H7.C2H4S2.2Ta/c2*1-3-2;1-3-4-2;;/h2*1,3H2,2H3;1-2H2;;/q2*-1;-2;2*+2. The van der Waals surface area contributed by atoms with Crippen molar-refractivity contribution < 1.29 is 44.8 Å². The van der Waals surface area contributed by atoms with Crippen LogP contribution in [0.1, 0.15) is 26.7 Å². The molecule has 2 radical (unpaired) electrons. The van der Waals surface area contributed by atoms with E-state index in [4.69, 9.17) is 0 Å². The van der Waals surface area contributed by atoms with Crippen molar-refractivity contribution in [2.75, 3.05) is 0 Å². The van der Waals surface area contributed by atoms with Gasteiger partial charge >= 0.3 is 44.8 Å². The van der Waals surface area contributed by atoms with Gasteiger partial charge in [-0.15, -0.1) is 0 Å². The molecular formula is C8H18S2Ta2. The van der Waals surface area contributed by atoms with E-state index in [-0.39, 0.29) is 44.8 Å². The van der Waals surface area contributed by atoms with Gasteiger partial charge in [-0.25, -0.2) is 0 Å². The van der Waals surface area contributed by atoms with Gasteiger partial charge in [0.2, 0.25) is 0 Å². The van der Waals surface area contributed by atoms with Crippen molar-refractivity contribution in [3.63, 3.8) is 0 Å². The Kier molecular flexibility index (Phi) is 125. The van der Waals surface area contributed by atoms with Gasteiger partial charge in [-0.3, -0.25) is 12.5 Å². The zero-order chi connectivity index (χ0) is 8.83. The van der Waals surface area contributed by atoms with Gasteiger partial charge < -0.3 is 35.4 Å². The molecule has 12 heavy (non-hydrogen) atoms. The van der Waals surface area contributed by atoms with Crippen LogP contribution in [0, 0.1) is 26.4 Å². The molecule has 0 bridgehead atoms. The molecule has 0 aromatic carbocycles. The molecule has 0 aliphatic rings. The first-order valence-electron chi connectivity index (χ1n) is 3.16. The molecule has 0 N–H and O–H groups in total. The van der Waals surface area contributed by atoms with E-state index in [0.29, 0.717) is 0 Å². The predicted octanol–water partition coefficient (Wildman–Crippen LogP) is 4.41. The van der Waals surface area contributed by atoms with Crippen molar-refractivity contribution in [3.8, 4) is 0 Å². The second-order valence-electron chi connectivity index (χ2n) is 1.24. The predicted molar refractivity (Wildman–Crippen MR) is 57.2 cm³/mol. The van der Waals surface area contributed by atoms with Gasteiger partial charge in [-0.1, -0.05) is 13.8 Å².